The molecule has 4 rings (SSSR count). The molecule has 4 nitrogen and oxygen atoms in total. The molecule has 2 aliphatic heterocycles. The van der Waals surface area contributed by atoms with Gasteiger partial charge in [-0.05, 0) is 43.2 Å². The Bertz CT molecular complexity index is 625. The predicted octanol–water partition coefficient (Wildman–Crippen LogP) is 2.84. The van der Waals surface area contributed by atoms with E-state index in [1.165, 1.54) is 10.4 Å². The summed E-state index contributed by atoms with van der Waals surface area (Å²) >= 11 is 1.88. The van der Waals surface area contributed by atoms with Gasteiger partial charge in [0.15, 0.2) is 0 Å². The Kier molecular flexibility index (Phi) is 3.36. The minimum absolute atomic E-state index is 0.00265. The number of hydrogen-bond acceptors (Lipinski definition) is 4. The van der Waals surface area contributed by atoms with Gasteiger partial charge >= 0.3 is 0 Å². The van der Waals surface area contributed by atoms with Crippen molar-refractivity contribution in [2.75, 3.05) is 19.7 Å². The van der Waals surface area contributed by atoms with E-state index in [0.29, 0.717) is 0 Å². The average Bonchev–Trinajstić information content (AvgIpc) is 3.12. The molecule has 1 saturated heterocycles. The second kappa shape index (κ2) is 5.23. The Balaban J connectivity index is 1.45. The van der Waals surface area contributed by atoms with Gasteiger partial charge in [-0.15, -0.1) is 11.3 Å². The molecule has 0 saturated carbocycles. The number of hydrogen-bond donors (Lipinski definition) is 1. The molecule has 0 amide bonds. The Labute approximate surface area is 129 Å². The van der Waals surface area contributed by atoms with Crippen molar-refractivity contribution >= 4 is 11.3 Å². The molecule has 2 aliphatic rings. The number of piperidine rings is 1. The van der Waals surface area contributed by atoms with Gasteiger partial charge in [0.05, 0.1) is 13.2 Å². The van der Waals surface area contributed by atoms with Crippen molar-refractivity contribution in [1.82, 2.24) is 14.9 Å². The lowest BCUT2D eigenvalue weighted by molar-refractivity contribution is -0.0962. The Morgan fingerprint density at radius 1 is 1.43 bits per heavy atom. The fraction of sp³-hybridized carbons (Fsp3) is 0.562. The molecular weight excluding hydrogens is 282 g/mol. The average molecular weight is 303 g/mol. The van der Waals surface area contributed by atoms with Crippen LogP contribution in [-0.4, -0.2) is 34.6 Å². The predicted molar refractivity (Wildman–Crippen MR) is 83.5 cm³/mol. The largest absolute Gasteiger partial charge is 0.369 e. The minimum atomic E-state index is -0.00265. The summed E-state index contributed by atoms with van der Waals surface area (Å²) in [6.07, 6.45) is 5.18. The van der Waals surface area contributed by atoms with Crippen LogP contribution in [0.15, 0.2) is 17.6 Å². The van der Waals surface area contributed by atoms with E-state index < -0.39 is 0 Å². The molecule has 0 aliphatic carbocycles. The quantitative estimate of drug-likeness (QED) is 0.927. The number of nitrogens with one attached hydrogen (secondary N) is 1. The second-order valence-corrected chi connectivity index (χ2v) is 7.07. The van der Waals surface area contributed by atoms with Crippen LogP contribution in [0.4, 0.5) is 0 Å². The van der Waals surface area contributed by atoms with Crippen LogP contribution >= 0.6 is 11.3 Å². The lowest BCUT2D eigenvalue weighted by atomic mass is 9.85. The van der Waals surface area contributed by atoms with Crippen LogP contribution in [0.2, 0.25) is 0 Å². The Hall–Kier alpha value is -1.17. The van der Waals surface area contributed by atoms with Crippen molar-refractivity contribution in [1.29, 1.82) is 0 Å². The summed E-state index contributed by atoms with van der Waals surface area (Å²) in [5, 5.41) is 2.22. The number of H-pyrrole nitrogens is 1. The third kappa shape index (κ3) is 2.43. The first-order valence-corrected chi connectivity index (χ1v) is 8.57. The fourth-order valence-electron chi connectivity index (χ4n) is 3.56. The lowest BCUT2D eigenvalue weighted by Gasteiger charge is -2.43. The number of aromatic nitrogens is 2. The van der Waals surface area contributed by atoms with Crippen LogP contribution in [0.1, 0.15) is 34.8 Å². The van der Waals surface area contributed by atoms with Crippen molar-refractivity contribution < 1.29 is 4.74 Å². The standard InChI is InChI=1S/C16H21N3OS/c1-12-10-17-14(18-12)11-19-6-4-16(5-7-19)15-13(2-8-20-16)3-9-21-15/h3,9-10H,2,4-8,11H2,1H3,(H,17,18). The summed E-state index contributed by atoms with van der Waals surface area (Å²) in [6.45, 7) is 6.01. The number of likely N-dealkylation sites (tertiary alicyclic amines) is 1. The topological polar surface area (TPSA) is 41.2 Å². The molecule has 2 aromatic heterocycles. The van der Waals surface area contributed by atoms with E-state index in [1.807, 2.05) is 17.5 Å². The summed E-state index contributed by atoms with van der Waals surface area (Å²) in [5.41, 5.74) is 2.65. The first kappa shape index (κ1) is 13.5. The van der Waals surface area contributed by atoms with Gasteiger partial charge in [-0.1, -0.05) is 0 Å². The highest BCUT2D eigenvalue weighted by Gasteiger charge is 2.41. The maximum Gasteiger partial charge on any atom is 0.120 e. The van der Waals surface area contributed by atoms with Crippen molar-refractivity contribution in [3.05, 3.63) is 39.6 Å². The van der Waals surface area contributed by atoms with Crippen LogP contribution in [-0.2, 0) is 23.3 Å². The smallest absolute Gasteiger partial charge is 0.120 e. The van der Waals surface area contributed by atoms with Crippen LogP contribution in [0.3, 0.4) is 0 Å². The third-order valence-electron chi connectivity index (χ3n) is 4.70. The molecule has 1 fully saturated rings. The van der Waals surface area contributed by atoms with Gasteiger partial charge in [0.25, 0.3) is 0 Å². The number of imidazole rings is 1. The SMILES string of the molecule is Cc1cnc(CN2CCC3(CC2)OCCc2ccsc23)[nH]1. The van der Waals surface area contributed by atoms with E-state index >= 15 is 0 Å². The van der Waals surface area contributed by atoms with Crippen molar-refractivity contribution in [3.63, 3.8) is 0 Å². The molecule has 0 atom stereocenters. The first-order valence-electron chi connectivity index (χ1n) is 7.69. The maximum atomic E-state index is 6.25. The van der Waals surface area contributed by atoms with E-state index in [-0.39, 0.29) is 5.60 Å². The monoisotopic (exact) mass is 303 g/mol. The van der Waals surface area contributed by atoms with Gasteiger partial charge in [0.2, 0.25) is 0 Å². The molecule has 0 radical (unpaired) electrons. The summed E-state index contributed by atoms with van der Waals surface area (Å²) in [5.74, 6) is 1.07. The Morgan fingerprint density at radius 2 is 2.29 bits per heavy atom. The molecule has 5 heteroatoms. The molecule has 2 aromatic rings. The molecule has 0 aromatic carbocycles. The van der Waals surface area contributed by atoms with E-state index in [4.69, 9.17) is 4.74 Å². The normalized spacial score (nSPS) is 21.6. The number of fused-ring (bicyclic) bond motifs is 2. The molecule has 4 heterocycles. The number of aryl methyl sites for hydroxylation is 1. The first-order chi connectivity index (χ1) is 10.3. The second-order valence-electron chi connectivity index (χ2n) is 6.16. The van der Waals surface area contributed by atoms with Gasteiger partial charge < -0.3 is 9.72 Å². The summed E-state index contributed by atoms with van der Waals surface area (Å²) in [6, 6.07) is 2.28. The van der Waals surface area contributed by atoms with Crippen molar-refractivity contribution in [2.24, 2.45) is 0 Å². The molecule has 112 valence electrons. The maximum absolute atomic E-state index is 6.25. The summed E-state index contributed by atoms with van der Waals surface area (Å²) in [7, 11) is 0. The van der Waals surface area contributed by atoms with Crippen LogP contribution in [0.25, 0.3) is 0 Å². The molecule has 0 unspecified atom stereocenters. The molecular formula is C16H21N3OS. The van der Waals surface area contributed by atoms with Gasteiger partial charge in [-0.3, -0.25) is 4.90 Å². The van der Waals surface area contributed by atoms with E-state index in [9.17, 15) is 0 Å². The molecule has 21 heavy (non-hydrogen) atoms. The highest BCUT2D eigenvalue weighted by Crippen LogP contribution is 2.44. The fourth-order valence-corrected chi connectivity index (χ4v) is 4.72. The number of aromatic amines is 1. The Morgan fingerprint density at radius 3 is 3.05 bits per heavy atom. The number of rotatable bonds is 2. The molecule has 1 N–H and O–H groups in total. The van der Waals surface area contributed by atoms with Gasteiger partial charge in [-0.25, -0.2) is 4.98 Å². The van der Waals surface area contributed by atoms with E-state index in [1.54, 1.807) is 0 Å². The number of ether oxygens (including phenoxy) is 1. The highest BCUT2D eigenvalue weighted by molar-refractivity contribution is 7.10. The highest BCUT2D eigenvalue weighted by atomic mass is 32.1. The molecule has 0 bridgehead atoms. The van der Waals surface area contributed by atoms with Gasteiger partial charge in [0.1, 0.15) is 11.4 Å². The number of nitrogens with zero attached hydrogens (tertiary/aromatic N) is 2. The van der Waals surface area contributed by atoms with E-state index in [2.05, 4.69) is 33.2 Å². The third-order valence-corrected chi connectivity index (χ3v) is 5.85. The van der Waals surface area contributed by atoms with Crippen molar-refractivity contribution in [2.45, 2.75) is 38.3 Å². The zero-order valence-corrected chi connectivity index (χ0v) is 13.2. The van der Waals surface area contributed by atoms with Crippen LogP contribution in [0.5, 0.6) is 0 Å². The van der Waals surface area contributed by atoms with Crippen molar-refractivity contribution in [3.8, 4) is 0 Å². The van der Waals surface area contributed by atoms with Crippen LogP contribution < -0.4 is 0 Å². The minimum Gasteiger partial charge on any atom is -0.369 e. The lowest BCUT2D eigenvalue weighted by Crippen LogP contribution is -2.45. The zero-order valence-electron chi connectivity index (χ0n) is 12.4. The van der Waals surface area contributed by atoms with Gasteiger partial charge in [0, 0.05) is 29.9 Å². The van der Waals surface area contributed by atoms with E-state index in [0.717, 1.165) is 57.0 Å². The summed E-state index contributed by atoms with van der Waals surface area (Å²) < 4.78 is 6.25. The summed E-state index contributed by atoms with van der Waals surface area (Å²) in [4.78, 5) is 11.7. The van der Waals surface area contributed by atoms with Gasteiger partial charge in [-0.2, -0.15) is 0 Å². The number of thiophene rings is 1. The van der Waals surface area contributed by atoms with Crippen LogP contribution in [0, 0.1) is 6.92 Å². The zero-order chi connectivity index (χ0) is 14.3. The molecule has 1 spiro atoms.